The summed E-state index contributed by atoms with van der Waals surface area (Å²) < 4.78 is 0. The van der Waals surface area contributed by atoms with Crippen molar-refractivity contribution in [2.75, 3.05) is 31.1 Å². The van der Waals surface area contributed by atoms with E-state index in [1.165, 1.54) is 25.0 Å². The summed E-state index contributed by atoms with van der Waals surface area (Å²) >= 11 is 0. The Morgan fingerprint density at radius 1 is 1.04 bits per heavy atom. The van der Waals surface area contributed by atoms with E-state index in [2.05, 4.69) is 31.4 Å². The third-order valence-corrected chi connectivity index (χ3v) is 4.46. The Hall–Kier alpha value is -2.77. The van der Waals surface area contributed by atoms with E-state index < -0.39 is 0 Å². The normalized spacial score (nSPS) is 17.8. The molecule has 0 spiro atoms. The number of aromatic amines is 1. The number of nitrogens with zero attached hydrogens (tertiary/aromatic N) is 5. The molecule has 3 heterocycles. The van der Waals surface area contributed by atoms with E-state index in [1.807, 2.05) is 6.07 Å². The maximum Gasteiger partial charge on any atom is 0.274 e. The Morgan fingerprint density at radius 2 is 1.83 bits per heavy atom. The first kappa shape index (κ1) is 14.8. The molecule has 124 valence electrons. The molecule has 0 bridgehead atoms. The van der Waals surface area contributed by atoms with Gasteiger partial charge in [0.25, 0.3) is 11.5 Å². The van der Waals surface area contributed by atoms with Crippen LogP contribution in [0.2, 0.25) is 0 Å². The summed E-state index contributed by atoms with van der Waals surface area (Å²) in [7, 11) is 0. The molecule has 1 aliphatic heterocycles. The molecule has 24 heavy (non-hydrogen) atoms. The van der Waals surface area contributed by atoms with Gasteiger partial charge in [-0.15, -0.1) is 5.10 Å². The second kappa shape index (κ2) is 6.03. The number of piperazine rings is 1. The van der Waals surface area contributed by atoms with Crippen molar-refractivity contribution in [3.63, 3.8) is 0 Å². The van der Waals surface area contributed by atoms with Gasteiger partial charge >= 0.3 is 0 Å². The highest BCUT2D eigenvalue weighted by atomic mass is 16.2. The number of hydrogen-bond acceptors (Lipinski definition) is 6. The van der Waals surface area contributed by atoms with Crippen molar-refractivity contribution >= 4 is 11.7 Å². The number of carbonyl (C=O) groups excluding carboxylic acids is 1. The van der Waals surface area contributed by atoms with Crippen molar-refractivity contribution in [2.24, 2.45) is 0 Å². The molecule has 1 saturated carbocycles. The van der Waals surface area contributed by atoms with Crippen molar-refractivity contribution in [3.05, 3.63) is 46.0 Å². The molecule has 2 aromatic heterocycles. The minimum Gasteiger partial charge on any atom is -0.352 e. The van der Waals surface area contributed by atoms with Crippen LogP contribution in [0.3, 0.4) is 0 Å². The Bertz CT molecular complexity index is 770. The monoisotopic (exact) mass is 326 g/mol. The zero-order valence-electron chi connectivity index (χ0n) is 13.2. The highest BCUT2D eigenvalue weighted by molar-refractivity contribution is 5.92. The zero-order valence-corrected chi connectivity index (χ0v) is 13.2. The molecule has 0 aromatic carbocycles. The number of hydrogen-bond donors (Lipinski definition) is 1. The summed E-state index contributed by atoms with van der Waals surface area (Å²) in [4.78, 5) is 27.3. The van der Waals surface area contributed by atoms with E-state index in [1.54, 1.807) is 4.90 Å². The standard InChI is InChI=1S/C16H18N6O2/c23-15-6-4-13(18-20-15)16(24)22-9-7-21(8-10-22)14-5-3-12(17-19-14)11-1-2-11/h3-6,11H,1-2,7-10H2,(H,20,23). The number of amides is 1. The van der Waals surface area contributed by atoms with Gasteiger partial charge in [0.15, 0.2) is 5.82 Å². The predicted octanol–water partition coefficient (Wildman–Crippen LogP) is 0.400. The minimum absolute atomic E-state index is 0.166. The largest absolute Gasteiger partial charge is 0.352 e. The van der Waals surface area contributed by atoms with Gasteiger partial charge in [0, 0.05) is 38.2 Å². The molecule has 1 aliphatic carbocycles. The topological polar surface area (TPSA) is 95.1 Å². The molecule has 4 rings (SSSR count). The molecule has 8 heteroatoms. The van der Waals surface area contributed by atoms with Gasteiger partial charge < -0.3 is 9.80 Å². The third-order valence-electron chi connectivity index (χ3n) is 4.46. The molecule has 1 amide bonds. The van der Waals surface area contributed by atoms with E-state index in [9.17, 15) is 9.59 Å². The van der Waals surface area contributed by atoms with Crippen LogP contribution in [0, 0.1) is 0 Å². The Morgan fingerprint density at radius 3 is 2.42 bits per heavy atom. The Kier molecular flexibility index (Phi) is 3.72. The van der Waals surface area contributed by atoms with E-state index in [4.69, 9.17) is 0 Å². The molecule has 2 aromatic rings. The highest BCUT2D eigenvalue weighted by Gasteiger charge is 2.27. The number of carbonyl (C=O) groups is 1. The van der Waals surface area contributed by atoms with Crippen molar-refractivity contribution < 1.29 is 4.79 Å². The molecule has 0 radical (unpaired) electrons. The molecule has 1 N–H and O–H groups in total. The third kappa shape index (κ3) is 2.99. The number of nitrogens with one attached hydrogen (secondary N) is 1. The number of rotatable bonds is 3. The average molecular weight is 326 g/mol. The lowest BCUT2D eigenvalue weighted by molar-refractivity contribution is 0.0739. The zero-order chi connectivity index (χ0) is 16.5. The van der Waals surface area contributed by atoms with Gasteiger partial charge in [-0.2, -0.15) is 10.2 Å². The summed E-state index contributed by atoms with van der Waals surface area (Å²) in [6.45, 7) is 2.58. The highest BCUT2D eigenvalue weighted by Crippen LogP contribution is 2.38. The van der Waals surface area contributed by atoms with Crippen LogP contribution in [0.15, 0.2) is 29.1 Å². The number of aromatic nitrogens is 4. The molecule has 2 fully saturated rings. The van der Waals surface area contributed by atoms with Gasteiger partial charge in [0.1, 0.15) is 5.69 Å². The summed E-state index contributed by atoms with van der Waals surface area (Å²) in [5.41, 5.74) is 1.03. The summed E-state index contributed by atoms with van der Waals surface area (Å²) in [6.07, 6.45) is 2.43. The van der Waals surface area contributed by atoms with Crippen LogP contribution in [0.5, 0.6) is 0 Å². The van der Waals surface area contributed by atoms with Crippen LogP contribution >= 0.6 is 0 Å². The fraction of sp³-hybridized carbons (Fsp3) is 0.438. The molecule has 1 saturated heterocycles. The lowest BCUT2D eigenvalue weighted by Crippen LogP contribution is -2.49. The van der Waals surface area contributed by atoms with Crippen LogP contribution < -0.4 is 10.5 Å². The summed E-state index contributed by atoms with van der Waals surface area (Å²) in [6, 6.07) is 6.84. The van der Waals surface area contributed by atoms with Gasteiger partial charge in [0.2, 0.25) is 0 Å². The van der Waals surface area contributed by atoms with Crippen LogP contribution in [0.25, 0.3) is 0 Å². The van der Waals surface area contributed by atoms with E-state index >= 15 is 0 Å². The minimum atomic E-state index is -0.315. The quantitative estimate of drug-likeness (QED) is 0.877. The smallest absolute Gasteiger partial charge is 0.274 e. The second-order valence-corrected chi connectivity index (χ2v) is 6.18. The predicted molar refractivity (Wildman–Crippen MR) is 87.0 cm³/mol. The van der Waals surface area contributed by atoms with Crippen molar-refractivity contribution in [1.82, 2.24) is 25.3 Å². The molecule has 8 nitrogen and oxygen atoms in total. The van der Waals surface area contributed by atoms with Crippen LogP contribution in [0.1, 0.15) is 34.9 Å². The number of anilines is 1. The van der Waals surface area contributed by atoms with Crippen LogP contribution in [-0.2, 0) is 0 Å². The summed E-state index contributed by atoms with van der Waals surface area (Å²) in [5, 5.41) is 14.7. The molecular weight excluding hydrogens is 308 g/mol. The van der Waals surface area contributed by atoms with Gasteiger partial charge in [0.05, 0.1) is 5.69 Å². The van der Waals surface area contributed by atoms with Crippen LogP contribution in [0.4, 0.5) is 5.82 Å². The Labute approximate surface area is 138 Å². The first-order chi connectivity index (χ1) is 11.7. The van der Waals surface area contributed by atoms with Gasteiger partial charge in [-0.3, -0.25) is 9.59 Å². The van der Waals surface area contributed by atoms with Gasteiger partial charge in [-0.1, -0.05) is 0 Å². The lowest BCUT2D eigenvalue weighted by atomic mass is 10.2. The van der Waals surface area contributed by atoms with E-state index in [-0.39, 0.29) is 17.2 Å². The summed E-state index contributed by atoms with van der Waals surface area (Å²) in [5.74, 6) is 1.29. The first-order valence-electron chi connectivity index (χ1n) is 8.14. The molecule has 0 atom stereocenters. The fourth-order valence-electron chi connectivity index (χ4n) is 2.87. The van der Waals surface area contributed by atoms with Crippen molar-refractivity contribution in [2.45, 2.75) is 18.8 Å². The lowest BCUT2D eigenvalue weighted by Gasteiger charge is -2.34. The van der Waals surface area contributed by atoms with Crippen molar-refractivity contribution in [1.29, 1.82) is 0 Å². The van der Waals surface area contributed by atoms with E-state index in [0.717, 1.165) is 11.5 Å². The second-order valence-electron chi connectivity index (χ2n) is 6.18. The molecule has 0 unspecified atom stereocenters. The maximum atomic E-state index is 12.4. The van der Waals surface area contributed by atoms with Crippen LogP contribution in [-0.4, -0.2) is 57.4 Å². The van der Waals surface area contributed by atoms with E-state index in [0.29, 0.717) is 32.1 Å². The fourth-order valence-corrected chi connectivity index (χ4v) is 2.87. The SMILES string of the molecule is O=C(c1ccc(=O)[nH]n1)N1CCN(c2ccc(C3CC3)nn2)CC1. The van der Waals surface area contributed by atoms with Gasteiger partial charge in [-0.05, 0) is 31.0 Å². The number of H-pyrrole nitrogens is 1. The van der Waals surface area contributed by atoms with Gasteiger partial charge in [-0.25, -0.2) is 5.10 Å². The van der Waals surface area contributed by atoms with Crippen molar-refractivity contribution in [3.8, 4) is 0 Å². The first-order valence-corrected chi connectivity index (χ1v) is 8.14. The Balaban J connectivity index is 1.38. The maximum absolute atomic E-state index is 12.4. The average Bonchev–Trinajstić information content (AvgIpc) is 3.47. The molecular formula is C16H18N6O2. The molecule has 2 aliphatic rings.